The van der Waals surface area contributed by atoms with Gasteiger partial charge in [-0.3, -0.25) is 4.79 Å². The molecule has 0 spiro atoms. The lowest BCUT2D eigenvalue weighted by molar-refractivity contribution is -0.113. The number of hydrogen-bond acceptors (Lipinski definition) is 6. The zero-order valence-corrected chi connectivity index (χ0v) is 18.6. The number of benzene rings is 1. The van der Waals surface area contributed by atoms with E-state index < -0.39 is 11.9 Å². The van der Waals surface area contributed by atoms with E-state index in [1.165, 1.54) is 30.0 Å². The molecule has 3 rings (SSSR count). The van der Waals surface area contributed by atoms with Crippen molar-refractivity contribution in [3.63, 3.8) is 0 Å². The van der Waals surface area contributed by atoms with E-state index in [0.29, 0.717) is 22.5 Å². The molecule has 0 radical (unpaired) electrons. The summed E-state index contributed by atoms with van der Waals surface area (Å²) in [6.45, 7) is 1.78. The molecule has 2 aromatic heterocycles. The van der Waals surface area contributed by atoms with Crippen LogP contribution in [0.25, 0.3) is 0 Å². The van der Waals surface area contributed by atoms with Gasteiger partial charge in [-0.05, 0) is 53.2 Å². The molecule has 29 heavy (non-hydrogen) atoms. The first-order valence-electron chi connectivity index (χ1n) is 8.38. The lowest BCUT2D eigenvalue weighted by Crippen LogP contribution is -2.15. The van der Waals surface area contributed by atoms with Gasteiger partial charge in [-0.1, -0.05) is 23.4 Å². The molecular formula is C18H16BrClFN5O2S. The van der Waals surface area contributed by atoms with Crippen molar-refractivity contribution in [1.82, 2.24) is 19.7 Å². The third-order valence-corrected chi connectivity index (χ3v) is 5.54. The predicted molar refractivity (Wildman–Crippen MR) is 113 cm³/mol. The van der Waals surface area contributed by atoms with Gasteiger partial charge in [-0.15, -0.1) is 10.2 Å². The van der Waals surface area contributed by atoms with Gasteiger partial charge in [0.15, 0.2) is 17.1 Å². The summed E-state index contributed by atoms with van der Waals surface area (Å²) in [5, 5.41) is 11.7. The molecule has 1 N–H and O–H groups in total. The number of thioether (sulfide) groups is 1. The number of aromatic nitrogens is 4. The van der Waals surface area contributed by atoms with E-state index in [9.17, 15) is 9.18 Å². The molecule has 1 amide bonds. The van der Waals surface area contributed by atoms with Gasteiger partial charge in [-0.25, -0.2) is 9.37 Å². The average molecular weight is 501 g/mol. The van der Waals surface area contributed by atoms with Crippen LogP contribution in [0.5, 0.6) is 5.75 Å². The largest absolute Gasteiger partial charge is 0.481 e. The molecule has 0 aliphatic heterocycles. The van der Waals surface area contributed by atoms with E-state index in [0.717, 1.165) is 4.47 Å². The monoisotopic (exact) mass is 499 g/mol. The summed E-state index contributed by atoms with van der Waals surface area (Å²) in [5.41, 5.74) is 0. The summed E-state index contributed by atoms with van der Waals surface area (Å²) in [6, 6.07) is 7.40. The first-order valence-corrected chi connectivity index (χ1v) is 10.5. The zero-order chi connectivity index (χ0) is 21.0. The lowest BCUT2D eigenvalue weighted by Gasteiger charge is -2.15. The highest BCUT2D eigenvalue weighted by Gasteiger charge is 2.19. The smallest absolute Gasteiger partial charge is 0.236 e. The Bertz CT molecular complexity index is 1020. The number of ether oxygens (including phenoxy) is 1. The molecule has 11 heteroatoms. The molecule has 0 aliphatic rings. The topological polar surface area (TPSA) is 81.9 Å². The minimum Gasteiger partial charge on any atom is -0.481 e. The van der Waals surface area contributed by atoms with E-state index in [2.05, 4.69) is 36.4 Å². The van der Waals surface area contributed by atoms with Crippen LogP contribution in [-0.2, 0) is 11.8 Å². The number of rotatable bonds is 7. The third-order valence-electron chi connectivity index (χ3n) is 3.76. The number of carbonyl (C=O) groups is 1. The normalized spacial score (nSPS) is 11.9. The Labute approximate surface area is 184 Å². The van der Waals surface area contributed by atoms with E-state index in [-0.39, 0.29) is 16.7 Å². The third kappa shape index (κ3) is 5.68. The van der Waals surface area contributed by atoms with Gasteiger partial charge in [0, 0.05) is 17.7 Å². The molecule has 0 fully saturated rings. The van der Waals surface area contributed by atoms with Crippen LogP contribution in [0, 0.1) is 5.82 Å². The zero-order valence-electron chi connectivity index (χ0n) is 15.4. The molecule has 3 aromatic rings. The molecule has 0 saturated carbocycles. The van der Waals surface area contributed by atoms with Gasteiger partial charge in [0.1, 0.15) is 17.4 Å². The van der Waals surface area contributed by atoms with Gasteiger partial charge >= 0.3 is 0 Å². The molecule has 1 aromatic carbocycles. The van der Waals surface area contributed by atoms with Crippen LogP contribution in [0.1, 0.15) is 18.9 Å². The fraction of sp³-hybridized carbons (Fsp3) is 0.222. The van der Waals surface area contributed by atoms with Crippen molar-refractivity contribution in [2.75, 3.05) is 11.1 Å². The standard InChI is InChI=1S/C18H16BrClFN5O2S/c1-10(28-14-5-4-12(21)7-13(14)20)17-24-25-18(26(17)2)29-9-16(27)23-15-6-3-11(19)8-22-15/h3-8,10H,9H2,1-2H3,(H,22,23,27). The van der Waals surface area contributed by atoms with Gasteiger partial charge in [0.25, 0.3) is 0 Å². The SMILES string of the molecule is CC(Oc1ccc(F)cc1Cl)c1nnc(SCC(=O)Nc2ccc(Br)cn2)n1C. The summed E-state index contributed by atoms with van der Waals surface area (Å²) in [4.78, 5) is 16.2. The average Bonchev–Trinajstić information content (AvgIpc) is 3.05. The molecule has 7 nitrogen and oxygen atoms in total. The molecule has 0 bridgehead atoms. The van der Waals surface area contributed by atoms with Gasteiger partial charge in [-0.2, -0.15) is 0 Å². The summed E-state index contributed by atoms with van der Waals surface area (Å²) in [5.74, 6) is 0.848. The predicted octanol–water partition coefficient (Wildman–Crippen LogP) is 4.64. The van der Waals surface area contributed by atoms with E-state index in [1.807, 2.05) is 0 Å². The number of carbonyl (C=O) groups excluding carboxylic acids is 1. The van der Waals surface area contributed by atoms with Crippen molar-refractivity contribution in [2.24, 2.45) is 7.05 Å². The maximum atomic E-state index is 13.2. The van der Waals surface area contributed by atoms with E-state index in [4.69, 9.17) is 16.3 Å². The Hall–Kier alpha value is -2.17. The van der Waals surface area contributed by atoms with Crippen molar-refractivity contribution in [1.29, 1.82) is 0 Å². The Morgan fingerprint density at radius 1 is 1.38 bits per heavy atom. The number of nitrogens with one attached hydrogen (secondary N) is 1. The Morgan fingerprint density at radius 2 is 2.17 bits per heavy atom. The van der Waals surface area contributed by atoms with Crippen molar-refractivity contribution in [3.8, 4) is 5.75 Å². The second kappa shape index (κ2) is 9.55. The molecular weight excluding hydrogens is 485 g/mol. The maximum absolute atomic E-state index is 13.2. The molecule has 0 saturated heterocycles. The summed E-state index contributed by atoms with van der Waals surface area (Å²) in [7, 11) is 1.78. The number of pyridine rings is 1. The number of amides is 1. The molecule has 0 aliphatic carbocycles. The number of hydrogen-bond donors (Lipinski definition) is 1. The van der Waals surface area contributed by atoms with Gasteiger partial charge in [0.2, 0.25) is 5.91 Å². The van der Waals surface area contributed by atoms with E-state index >= 15 is 0 Å². The van der Waals surface area contributed by atoms with Crippen LogP contribution in [0.15, 0.2) is 46.2 Å². The van der Waals surface area contributed by atoms with Crippen molar-refractivity contribution in [2.45, 2.75) is 18.2 Å². The quantitative estimate of drug-likeness (QED) is 0.476. The van der Waals surface area contributed by atoms with E-state index in [1.54, 1.807) is 36.9 Å². The highest BCUT2D eigenvalue weighted by Crippen LogP contribution is 2.30. The minimum atomic E-state index is -0.481. The first kappa shape index (κ1) is 21.5. The summed E-state index contributed by atoms with van der Waals surface area (Å²) in [6.07, 6.45) is 1.12. The number of halogens is 3. The second-order valence-corrected chi connectivity index (χ2v) is 8.20. The number of nitrogens with zero attached hydrogens (tertiary/aromatic N) is 4. The number of anilines is 1. The van der Waals surface area contributed by atoms with Crippen molar-refractivity contribution >= 4 is 51.0 Å². The molecule has 1 unspecified atom stereocenters. The fourth-order valence-electron chi connectivity index (χ4n) is 2.38. The maximum Gasteiger partial charge on any atom is 0.236 e. The highest BCUT2D eigenvalue weighted by molar-refractivity contribution is 9.10. The van der Waals surface area contributed by atoms with Crippen LogP contribution in [0.4, 0.5) is 10.2 Å². The fourth-order valence-corrected chi connectivity index (χ4v) is 3.54. The van der Waals surface area contributed by atoms with Crippen molar-refractivity contribution in [3.05, 3.63) is 57.7 Å². The highest BCUT2D eigenvalue weighted by atomic mass is 79.9. The van der Waals surface area contributed by atoms with Crippen LogP contribution in [0.2, 0.25) is 5.02 Å². The van der Waals surface area contributed by atoms with Gasteiger partial charge in [0.05, 0.1) is 10.8 Å². The van der Waals surface area contributed by atoms with Crippen LogP contribution in [-0.4, -0.2) is 31.4 Å². The molecule has 1 atom stereocenters. The summed E-state index contributed by atoms with van der Waals surface area (Å²) >= 11 is 10.5. The second-order valence-electron chi connectivity index (χ2n) is 5.93. The van der Waals surface area contributed by atoms with Gasteiger partial charge < -0.3 is 14.6 Å². The lowest BCUT2D eigenvalue weighted by atomic mass is 10.3. The Balaban J connectivity index is 1.59. The minimum absolute atomic E-state index is 0.142. The summed E-state index contributed by atoms with van der Waals surface area (Å²) < 4.78 is 21.5. The Kier molecular flexibility index (Phi) is 7.09. The molecule has 152 valence electrons. The Morgan fingerprint density at radius 3 is 2.86 bits per heavy atom. The van der Waals surface area contributed by atoms with Crippen LogP contribution >= 0.6 is 39.3 Å². The van der Waals surface area contributed by atoms with Crippen LogP contribution < -0.4 is 10.1 Å². The van der Waals surface area contributed by atoms with Crippen molar-refractivity contribution < 1.29 is 13.9 Å². The van der Waals surface area contributed by atoms with Crippen LogP contribution in [0.3, 0.4) is 0 Å². The molecule has 2 heterocycles. The first-order chi connectivity index (χ1) is 13.8.